The molecule has 3 nitrogen and oxygen atoms in total. The van der Waals surface area contributed by atoms with Crippen LogP contribution < -0.4 is 5.32 Å². The number of anilines is 1. The summed E-state index contributed by atoms with van der Waals surface area (Å²) in [5.74, 6) is 1.20. The number of nitrogens with zero attached hydrogens (tertiary/aromatic N) is 2. The number of allylic oxidation sites excluding steroid dienone is 1. The molecule has 3 aromatic carbocycles. The summed E-state index contributed by atoms with van der Waals surface area (Å²) in [4.78, 5) is 0. The van der Waals surface area contributed by atoms with Gasteiger partial charge in [-0.1, -0.05) is 78.4 Å². The molecule has 0 amide bonds. The summed E-state index contributed by atoms with van der Waals surface area (Å²) in [6, 6.07) is 29.7. The summed E-state index contributed by atoms with van der Waals surface area (Å²) in [6.45, 7) is 4.21. The minimum atomic E-state index is 0.154. The van der Waals surface area contributed by atoms with Crippen molar-refractivity contribution in [3.8, 4) is 5.69 Å². The maximum absolute atomic E-state index is 4.90. The van der Waals surface area contributed by atoms with E-state index >= 15 is 0 Å². The molecular weight excluding hydrogens is 354 g/mol. The van der Waals surface area contributed by atoms with Crippen molar-refractivity contribution in [2.45, 2.75) is 19.8 Å². The van der Waals surface area contributed by atoms with Crippen molar-refractivity contribution in [2.24, 2.45) is 0 Å². The number of benzene rings is 3. The normalized spacial score (nSPS) is 15.4. The monoisotopic (exact) mass is 377 g/mol. The van der Waals surface area contributed by atoms with E-state index in [1.165, 1.54) is 22.3 Å². The lowest BCUT2D eigenvalue weighted by atomic mass is 9.87. The van der Waals surface area contributed by atoms with Gasteiger partial charge in [0.2, 0.25) is 0 Å². The summed E-state index contributed by atoms with van der Waals surface area (Å²) in [5, 5.41) is 8.58. The zero-order valence-electron chi connectivity index (χ0n) is 16.6. The van der Waals surface area contributed by atoms with Crippen molar-refractivity contribution in [1.29, 1.82) is 0 Å². The third-order valence-corrected chi connectivity index (χ3v) is 5.53. The molecule has 5 rings (SSSR count). The topological polar surface area (TPSA) is 29.9 Å². The Bertz CT molecular complexity index is 1170. The Morgan fingerprint density at radius 2 is 1.45 bits per heavy atom. The Labute approximate surface area is 171 Å². The van der Waals surface area contributed by atoms with Gasteiger partial charge in [-0.05, 0) is 43.2 Å². The highest BCUT2D eigenvalue weighted by molar-refractivity contribution is 5.83. The lowest BCUT2D eigenvalue weighted by Crippen LogP contribution is -2.15. The van der Waals surface area contributed by atoms with Gasteiger partial charge >= 0.3 is 0 Å². The van der Waals surface area contributed by atoms with Crippen molar-refractivity contribution in [2.75, 3.05) is 5.32 Å². The fourth-order valence-electron chi connectivity index (χ4n) is 4.03. The van der Waals surface area contributed by atoms with Gasteiger partial charge in [-0.3, -0.25) is 0 Å². The van der Waals surface area contributed by atoms with Crippen LogP contribution in [0.1, 0.15) is 33.9 Å². The van der Waals surface area contributed by atoms with Crippen LogP contribution in [0.2, 0.25) is 0 Å². The van der Waals surface area contributed by atoms with Gasteiger partial charge in [-0.15, -0.1) is 0 Å². The summed E-state index contributed by atoms with van der Waals surface area (Å²) in [5.41, 5.74) is 8.16. The Hall–Kier alpha value is -3.59. The lowest BCUT2D eigenvalue weighted by molar-refractivity contribution is 0.870. The molecule has 3 heteroatoms. The van der Waals surface area contributed by atoms with E-state index in [1.807, 2.05) is 22.9 Å². The van der Waals surface area contributed by atoms with Crippen molar-refractivity contribution < 1.29 is 0 Å². The number of aryl methyl sites for hydroxylation is 2. The second kappa shape index (κ2) is 7.10. The van der Waals surface area contributed by atoms with Crippen molar-refractivity contribution >= 4 is 11.5 Å². The average molecular weight is 377 g/mol. The first kappa shape index (κ1) is 17.5. The molecule has 0 aliphatic carbocycles. The van der Waals surface area contributed by atoms with Crippen LogP contribution in [0.15, 0.2) is 91.0 Å². The zero-order valence-corrected chi connectivity index (χ0v) is 16.6. The van der Waals surface area contributed by atoms with Crippen LogP contribution >= 0.6 is 0 Å². The standard InChI is InChI=1S/C26H23N3/c1-18-13-15-21(16-14-18)24-17-23(20-9-5-3-6-10-20)25-19(2)28-29(26(25)27-24)22-11-7-4-8-12-22/h3-17,23,27H,1-2H3/t23-/m1/s1. The number of aromatic nitrogens is 2. The van der Waals surface area contributed by atoms with Crippen molar-refractivity contribution in [1.82, 2.24) is 9.78 Å². The fraction of sp³-hybridized carbons (Fsp3) is 0.115. The number of fused-ring (bicyclic) bond motifs is 1. The molecule has 142 valence electrons. The maximum atomic E-state index is 4.90. The van der Waals surface area contributed by atoms with E-state index in [0.717, 1.165) is 22.9 Å². The van der Waals surface area contributed by atoms with E-state index in [2.05, 4.69) is 92.0 Å². The smallest absolute Gasteiger partial charge is 0.138 e. The SMILES string of the molecule is Cc1ccc(C2=C[C@H](c3ccccc3)c3c(C)nn(-c4ccccc4)c3N2)cc1. The average Bonchev–Trinajstić information content (AvgIpc) is 3.11. The van der Waals surface area contributed by atoms with Crippen LogP contribution in [0.5, 0.6) is 0 Å². The second-order valence-electron chi connectivity index (χ2n) is 7.55. The van der Waals surface area contributed by atoms with Gasteiger partial charge in [0.15, 0.2) is 0 Å². The second-order valence-corrected chi connectivity index (χ2v) is 7.55. The van der Waals surface area contributed by atoms with Gasteiger partial charge in [0.25, 0.3) is 0 Å². The molecule has 0 fully saturated rings. The van der Waals surface area contributed by atoms with Crippen LogP contribution in [0.3, 0.4) is 0 Å². The molecule has 1 aromatic heterocycles. The quantitative estimate of drug-likeness (QED) is 0.468. The summed E-state index contributed by atoms with van der Waals surface area (Å²) in [6.07, 6.45) is 2.33. The highest BCUT2D eigenvalue weighted by Gasteiger charge is 2.29. The Balaban J connectivity index is 1.70. The molecule has 4 aromatic rings. The van der Waals surface area contributed by atoms with Crippen molar-refractivity contribution in [3.63, 3.8) is 0 Å². The van der Waals surface area contributed by atoms with Gasteiger partial charge in [0.1, 0.15) is 5.82 Å². The molecule has 1 atom stereocenters. The lowest BCUT2D eigenvalue weighted by Gasteiger charge is -2.25. The Kier molecular flexibility index (Phi) is 4.28. The van der Waals surface area contributed by atoms with Crippen molar-refractivity contribution in [3.05, 3.63) is 119 Å². The maximum Gasteiger partial charge on any atom is 0.138 e. The van der Waals surface area contributed by atoms with E-state index < -0.39 is 0 Å². The first-order chi connectivity index (χ1) is 14.2. The van der Waals surface area contributed by atoms with Crippen LogP contribution in [0, 0.1) is 13.8 Å². The van der Waals surface area contributed by atoms with Crippen LogP contribution in [-0.2, 0) is 0 Å². The predicted molar refractivity (Wildman–Crippen MR) is 119 cm³/mol. The molecule has 1 N–H and O–H groups in total. The van der Waals surface area contributed by atoms with Gasteiger partial charge in [-0.2, -0.15) is 5.10 Å². The van der Waals surface area contributed by atoms with E-state index in [9.17, 15) is 0 Å². The van der Waals surface area contributed by atoms with E-state index in [-0.39, 0.29) is 5.92 Å². The number of rotatable bonds is 3. The van der Waals surface area contributed by atoms with Gasteiger partial charge in [-0.25, -0.2) is 4.68 Å². The summed E-state index contributed by atoms with van der Waals surface area (Å²) >= 11 is 0. The van der Waals surface area contributed by atoms with E-state index in [4.69, 9.17) is 5.10 Å². The van der Waals surface area contributed by atoms with Crippen LogP contribution in [0.25, 0.3) is 11.4 Å². The Morgan fingerprint density at radius 3 is 2.14 bits per heavy atom. The molecule has 0 saturated carbocycles. The molecule has 0 saturated heterocycles. The van der Waals surface area contributed by atoms with Crippen LogP contribution in [-0.4, -0.2) is 9.78 Å². The molecule has 1 aliphatic rings. The molecule has 1 aliphatic heterocycles. The highest BCUT2D eigenvalue weighted by Crippen LogP contribution is 2.41. The minimum absolute atomic E-state index is 0.154. The molecule has 0 bridgehead atoms. The molecule has 0 spiro atoms. The molecule has 0 radical (unpaired) electrons. The number of hydrogen-bond donors (Lipinski definition) is 1. The first-order valence-corrected chi connectivity index (χ1v) is 9.96. The van der Waals surface area contributed by atoms with Gasteiger partial charge in [0, 0.05) is 17.2 Å². The summed E-state index contributed by atoms with van der Waals surface area (Å²) in [7, 11) is 0. The van der Waals surface area contributed by atoms with Crippen LogP contribution in [0.4, 0.5) is 5.82 Å². The first-order valence-electron chi connectivity index (χ1n) is 9.96. The largest absolute Gasteiger partial charge is 0.340 e. The van der Waals surface area contributed by atoms with E-state index in [0.29, 0.717) is 0 Å². The highest BCUT2D eigenvalue weighted by atomic mass is 15.3. The molecule has 29 heavy (non-hydrogen) atoms. The van der Waals surface area contributed by atoms with Gasteiger partial charge < -0.3 is 5.32 Å². The molecule has 2 heterocycles. The van der Waals surface area contributed by atoms with Gasteiger partial charge in [0.05, 0.1) is 11.4 Å². The van der Waals surface area contributed by atoms with E-state index in [1.54, 1.807) is 0 Å². The number of para-hydroxylation sites is 1. The Morgan fingerprint density at radius 1 is 0.793 bits per heavy atom. The zero-order chi connectivity index (χ0) is 19.8. The predicted octanol–water partition coefficient (Wildman–Crippen LogP) is 6.09. The summed E-state index contributed by atoms with van der Waals surface area (Å²) < 4.78 is 2.03. The molecule has 0 unspecified atom stereocenters. The number of nitrogens with one attached hydrogen (secondary N) is 1. The third kappa shape index (κ3) is 3.15. The molecular formula is C26H23N3. The minimum Gasteiger partial charge on any atom is -0.340 e. The third-order valence-electron chi connectivity index (χ3n) is 5.53. The fourth-order valence-corrected chi connectivity index (χ4v) is 4.03. The number of hydrogen-bond acceptors (Lipinski definition) is 2.